The lowest BCUT2D eigenvalue weighted by Crippen LogP contribution is -2.56. The standard InChI is InChI=1S/C14H14ClF7NO3P/c1-3-25-27(24,26-4-2)11(23-10-7-5-9(15)6-8-10)12(16,17)13(18,19)14(20,21)22/h5-8H,3-4H2,1-2H3. The van der Waals surface area contributed by atoms with Crippen LogP contribution in [-0.2, 0) is 13.6 Å². The summed E-state index contributed by atoms with van der Waals surface area (Å²) in [5, 5.41) is 0.112. The summed E-state index contributed by atoms with van der Waals surface area (Å²) in [7, 11) is -5.31. The zero-order chi connectivity index (χ0) is 21.1. The second-order valence-corrected chi connectivity index (χ2v) is 7.26. The van der Waals surface area contributed by atoms with Gasteiger partial charge in [0.15, 0.2) is 0 Å². The molecule has 0 unspecified atom stereocenters. The number of rotatable bonds is 8. The van der Waals surface area contributed by atoms with Crippen molar-refractivity contribution < 1.29 is 44.3 Å². The van der Waals surface area contributed by atoms with Gasteiger partial charge in [-0.15, -0.1) is 0 Å². The average Bonchev–Trinajstić information content (AvgIpc) is 2.53. The SMILES string of the molecule is CCOP(=O)(OCC)C(=Nc1ccc(Cl)cc1)C(F)(F)C(F)(F)C(F)(F)F. The Kier molecular flexibility index (Phi) is 7.49. The lowest BCUT2D eigenvalue weighted by molar-refractivity contribution is -0.335. The predicted octanol–water partition coefficient (Wildman–Crippen LogP) is 6.47. The van der Waals surface area contributed by atoms with Gasteiger partial charge in [0.25, 0.3) is 0 Å². The summed E-state index contributed by atoms with van der Waals surface area (Å²) in [5.74, 6) is -12.6. The molecular weight excluding hydrogens is 430 g/mol. The Morgan fingerprint density at radius 2 is 1.44 bits per heavy atom. The first kappa shape index (κ1) is 23.9. The van der Waals surface area contributed by atoms with Crippen molar-refractivity contribution in [3.05, 3.63) is 29.3 Å². The van der Waals surface area contributed by atoms with Crippen molar-refractivity contribution in [1.29, 1.82) is 0 Å². The number of halogens is 8. The molecule has 154 valence electrons. The van der Waals surface area contributed by atoms with Gasteiger partial charge in [-0.1, -0.05) is 11.6 Å². The van der Waals surface area contributed by atoms with Crippen molar-refractivity contribution in [1.82, 2.24) is 0 Å². The van der Waals surface area contributed by atoms with Crippen LogP contribution in [0.5, 0.6) is 0 Å². The Hall–Kier alpha value is -1.16. The minimum absolute atomic E-state index is 0.112. The first-order valence-corrected chi connectivity index (χ1v) is 9.21. The van der Waals surface area contributed by atoms with Crippen LogP contribution in [0.25, 0.3) is 0 Å². The molecule has 0 radical (unpaired) electrons. The van der Waals surface area contributed by atoms with Crippen molar-refractivity contribution in [2.24, 2.45) is 4.99 Å². The number of nitrogens with zero attached hydrogens (tertiary/aromatic N) is 1. The van der Waals surface area contributed by atoms with Gasteiger partial charge in [-0.3, -0.25) is 4.57 Å². The highest BCUT2D eigenvalue weighted by atomic mass is 35.5. The van der Waals surface area contributed by atoms with Crippen LogP contribution in [0.15, 0.2) is 29.3 Å². The molecule has 0 aliphatic carbocycles. The third-order valence-electron chi connectivity index (χ3n) is 2.95. The van der Waals surface area contributed by atoms with Crippen molar-refractivity contribution in [2.45, 2.75) is 31.9 Å². The van der Waals surface area contributed by atoms with Gasteiger partial charge in [0.2, 0.25) is 5.45 Å². The van der Waals surface area contributed by atoms with E-state index in [2.05, 4.69) is 14.0 Å². The van der Waals surface area contributed by atoms with Gasteiger partial charge in [0.05, 0.1) is 18.9 Å². The van der Waals surface area contributed by atoms with E-state index in [1.807, 2.05) is 0 Å². The zero-order valence-electron chi connectivity index (χ0n) is 13.9. The zero-order valence-corrected chi connectivity index (χ0v) is 15.5. The first-order chi connectivity index (χ1) is 12.2. The summed E-state index contributed by atoms with van der Waals surface area (Å²) in [6, 6.07) is 4.13. The molecule has 0 fully saturated rings. The molecule has 0 atom stereocenters. The van der Waals surface area contributed by atoms with Crippen LogP contribution in [0.1, 0.15) is 13.8 Å². The van der Waals surface area contributed by atoms with Crippen LogP contribution < -0.4 is 0 Å². The average molecular weight is 444 g/mol. The Balaban J connectivity index is 3.72. The number of hydrogen-bond acceptors (Lipinski definition) is 4. The molecule has 0 amide bonds. The second-order valence-electron chi connectivity index (χ2n) is 4.89. The molecular formula is C14H14ClF7NO3P. The van der Waals surface area contributed by atoms with E-state index in [9.17, 15) is 35.3 Å². The molecule has 1 rings (SSSR count). The van der Waals surface area contributed by atoms with E-state index in [1.165, 1.54) is 0 Å². The maximum absolute atomic E-state index is 14.3. The highest BCUT2D eigenvalue weighted by molar-refractivity contribution is 7.72. The molecule has 1 aromatic carbocycles. The van der Waals surface area contributed by atoms with Gasteiger partial charge in [-0.25, -0.2) is 4.99 Å². The molecule has 0 spiro atoms. The molecule has 1 aromatic rings. The smallest absolute Gasteiger partial charge is 0.305 e. The molecule has 0 N–H and O–H groups in total. The minimum Gasteiger partial charge on any atom is -0.305 e. The van der Waals surface area contributed by atoms with Gasteiger partial charge < -0.3 is 9.05 Å². The Morgan fingerprint density at radius 3 is 1.81 bits per heavy atom. The van der Waals surface area contributed by atoms with Crippen LogP contribution in [0.3, 0.4) is 0 Å². The molecule has 27 heavy (non-hydrogen) atoms. The summed E-state index contributed by atoms with van der Waals surface area (Å²) in [5.41, 5.74) is -2.87. The van der Waals surface area contributed by atoms with Gasteiger partial charge in [0.1, 0.15) is 0 Å². The maximum atomic E-state index is 14.3. The number of benzene rings is 1. The summed E-state index contributed by atoms with van der Waals surface area (Å²) in [6.07, 6.45) is -6.65. The van der Waals surface area contributed by atoms with Gasteiger partial charge >= 0.3 is 25.6 Å². The molecule has 13 heteroatoms. The van der Waals surface area contributed by atoms with Crippen LogP contribution in [0, 0.1) is 0 Å². The Labute approximate surface area is 154 Å². The second kappa shape index (κ2) is 8.46. The van der Waals surface area contributed by atoms with Crippen molar-refractivity contribution in [3.63, 3.8) is 0 Å². The molecule has 0 saturated carbocycles. The molecule has 0 bridgehead atoms. The monoisotopic (exact) mass is 443 g/mol. The van der Waals surface area contributed by atoms with Gasteiger partial charge in [-0.05, 0) is 38.1 Å². The van der Waals surface area contributed by atoms with E-state index >= 15 is 0 Å². The summed E-state index contributed by atoms with van der Waals surface area (Å²) < 4.78 is 115. The van der Waals surface area contributed by atoms with E-state index < -0.39 is 50.0 Å². The fourth-order valence-electron chi connectivity index (χ4n) is 1.76. The van der Waals surface area contributed by atoms with Gasteiger partial charge in [-0.2, -0.15) is 30.7 Å². The van der Waals surface area contributed by atoms with Crippen molar-refractivity contribution in [3.8, 4) is 0 Å². The molecule has 0 aliphatic heterocycles. The van der Waals surface area contributed by atoms with Crippen LogP contribution in [-0.4, -0.2) is 36.7 Å². The van der Waals surface area contributed by atoms with E-state index in [0.29, 0.717) is 0 Å². The molecule has 0 aliphatic rings. The van der Waals surface area contributed by atoms with Crippen molar-refractivity contribution >= 4 is 30.3 Å². The summed E-state index contributed by atoms with van der Waals surface area (Å²) in [6.45, 7) is 1.16. The molecule has 4 nitrogen and oxygen atoms in total. The molecule has 0 aromatic heterocycles. The lowest BCUT2D eigenvalue weighted by Gasteiger charge is -2.31. The van der Waals surface area contributed by atoms with Crippen LogP contribution in [0.4, 0.5) is 36.4 Å². The lowest BCUT2D eigenvalue weighted by atomic mass is 10.1. The normalized spacial score (nSPS) is 14.5. The van der Waals surface area contributed by atoms with Crippen LogP contribution in [0.2, 0.25) is 5.02 Å². The highest BCUT2D eigenvalue weighted by Gasteiger charge is 2.77. The Bertz CT molecular complexity index is 712. The van der Waals surface area contributed by atoms with E-state index in [0.717, 1.165) is 38.1 Å². The Morgan fingerprint density at radius 1 is 1.00 bits per heavy atom. The molecule has 0 heterocycles. The molecule has 0 saturated heterocycles. The van der Waals surface area contributed by atoms with E-state index in [4.69, 9.17) is 11.6 Å². The van der Waals surface area contributed by atoms with Crippen LogP contribution >= 0.6 is 19.2 Å². The van der Waals surface area contributed by atoms with Gasteiger partial charge in [0, 0.05) is 5.02 Å². The quantitative estimate of drug-likeness (QED) is 0.263. The topological polar surface area (TPSA) is 47.9 Å². The number of aliphatic imine (C=N–C) groups is 1. The highest BCUT2D eigenvalue weighted by Crippen LogP contribution is 2.60. The van der Waals surface area contributed by atoms with E-state index in [-0.39, 0.29) is 5.02 Å². The predicted molar refractivity (Wildman–Crippen MR) is 85.4 cm³/mol. The largest absolute Gasteiger partial charge is 0.460 e. The van der Waals surface area contributed by atoms with Crippen molar-refractivity contribution in [2.75, 3.05) is 13.2 Å². The number of alkyl halides is 7. The fraction of sp³-hybridized carbons (Fsp3) is 0.500. The summed E-state index contributed by atoms with van der Waals surface area (Å²) in [4.78, 5) is 3.08. The van der Waals surface area contributed by atoms with E-state index in [1.54, 1.807) is 0 Å². The maximum Gasteiger partial charge on any atom is 0.460 e. The summed E-state index contributed by atoms with van der Waals surface area (Å²) >= 11 is 5.59. The fourth-order valence-corrected chi connectivity index (χ4v) is 3.61. The number of hydrogen-bond donors (Lipinski definition) is 0. The third-order valence-corrected chi connectivity index (χ3v) is 5.30. The first-order valence-electron chi connectivity index (χ1n) is 7.29. The minimum atomic E-state index is -6.65. The third kappa shape index (κ3) is 5.01.